The Kier molecular flexibility index (Phi) is 4.13. The number of fused-ring (bicyclic) bond motifs is 3. The molecule has 2 fully saturated rings. The molecule has 3 atom stereocenters. The van der Waals surface area contributed by atoms with Gasteiger partial charge in [-0.05, 0) is 24.5 Å². The summed E-state index contributed by atoms with van der Waals surface area (Å²) in [6.07, 6.45) is 0.0279. The van der Waals surface area contributed by atoms with Crippen LogP contribution in [0.15, 0.2) is 12.1 Å². The van der Waals surface area contributed by atoms with Gasteiger partial charge in [-0.1, -0.05) is 18.3 Å². The summed E-state index contributed by atoms with van der Waals surface area (Å²) >= 11 is 0. The van der Waals surface area contributed by atoms with E-state index in [0.717, 1.165) is 0 Å². The van der Waals surface area contributed by atoms with E-state index in [0.29, 0.717) is 12.0 Å². The molecule has 28 heavy (non-hydrogen) atoms. The fraction of sp³-hybridized carbons (Fsp3) is 0.529. The van der Waals surface area contributed by atoms with E-state index in [9.17, 15) is 29.9 Å². The molecule has 1 saturated carbocycles. The van der Waals surface area contributed by atoms with Crippen LogP contribution in [0.25, 0.3) is 0 Å². The van der Waals surface area contributed by atoms with Crippen LogP contribution in [-0.2, 0) is 4.79 Å². The molecule has 0 aromatic heterocycles. The molecule has 3 aliphatic rings. The van der Waals surface area contributed by atoms with E-state index in [2.05, 4.69) is 0 Å². The van der Waals surface area contributed by atoms with Gasteiger partial charge in [-0.15, -0.1) is 0 Å². The van der Waals surface area contributed by atoms with E-state index < -0.39 is 42.7 Å². The number of hydrogen-bond donors (Lipinski definition) is 4. The molecule has 1 saturated heterocycles. The van der Waals surface area contributed by atoms with Gasteiger partial charge in [-0.25, -0.2) is 0 Å². The summed E-state index contributed by atoms with van der Waals surface area (Å²) < 4.78 is 10.9. The summed E-state index contributed by atoms with van der Waals surface area (Å²) in [6.45, 7) is -1.87. The van der Waals surface area contributed by atoms with Crippen LogP contribution in [0.2, 0.25) is 5.82 Å². The minimum absolute atomic E-state index is 0.0285. The number of carboxylic acids is 1. The highest BCUT2D eigenvalue weighted by molar-refractivity contribution is 6.62. The van der Waals surface area contributed by atoms with Crippen LogP contribution >= 0.6 is 0 Å². The topological polar surface area (TPSA) is 166 Å². The first kappa shape index (κ1) is 19.0. The lowest BCUT2D eigenvalue weighted by atomic mass is 9.68. The van der Waals surface area contributed by atoms with Crippen LogP contribution in [0.3, 0.4) is 0 Å². The number of carbonyl (C=O) groups excluding carboxylic acids is 2. The molecular weight excluding hydrogens is 371 g/mol. The monoisotopic (exact) mass is 392 g/mol. The van der Waals surface area contributed by atoms with Crippen molar-refractivity contribution < 1.29 is 39.2 Å². The van der Waals surface area contributed by atoms with Gasteiger partial charge in [-0.2, -0.15) is 0 Å². The normalized spacial score (nSPS) is 26.8. The van der Waals surface area contributed by atoms with E-state index in [1.54, 1.807) is 6.07 Å². The second-order valence-electron chi connectivity index (χ2n) is 8.05. The first-order chi connectivity index (χ1) is 13.0. The summed E-state index contributed by atoms with van der Waals surface area (Å²) in [7, 11) is 0. The lowest BCUT2D eigenvalue weighted by Gasteiger charge is -2.43. The lowest BCUT2D eigenvalue weighted by molar-refractivity contribution is -0.255. The SMILES string of the molecule is C[C@@](N)(CO)C(=O)N1CC(Oc2ccc3c(c2C(=O)[O-])O[B-](O)(O)C2CC32)C1. The predicted octanol–water partition coefficient (Wildman–Crippen LogP) is -2.48. The summed E-state index contributed by atoms with van der Waals surface area (Å²) in [6, 6.07) is 3.14. The predicted molar refractivity (Wildman–Crippen MR) is 93.4 cm³/mol. The van der Waals surface area contributed by atoms with Crippen LogP contribution in [0.1, 0.15) is 35.2 Å². The highest BCUT2D eigenvalue weighted by atomic mass is 16.6. The Bertz CT molecular complexity index is 852. The highest BCUT2D eigenvalue weighted by Gasteiger charge is 2.55. The Labute approximate surface area is 160 Å². The van der Waals surface area contributed by atoms with Crippen LogP contribution in [0.4, 0.5) is 0 Å². The van der Waals surface area contributed by atoms with Gasteiger partial charge >= 0.3 is 6.75 Å². The number of rotatable bonds is 5. The summed E-state index contributed by atoms with van der Waals surface area (Å²) in [4.78, 5) is 25.3. The minimum Gasteiger partial charge on any atom is -0.669 e. The molecule has 1 aliphatic carbocycles. The quantitative estimate of drug-likeness (QED) is 0.397. The third kappa shape index (κ3) is 2.91. The van der Waals surface area contributed by atoms with Crippen molar-refractivity contribution in [2.24, 2.45) is 5.73 Å². The molecule has 152 valence electrons. The average Bonchev–Trinajstić information content (AvgIpc) is 3.38. The van der Waals surface area contributed by atoms with Crippen molar-refractivity contribution in [3.63, 3.8) is 0 Å². The maximum absolute atomic E-state index is 12.2. The molecule has 5 N–H and O–H groups in total. The lowest BCUT2D eigenvalue weighted by Crippen LogP contribution is -2.64. The van der Waals surface area contributed by atoms with Crippen molar-refractivity contribution in [1.29, 1.82) is 0 Å². The van der Waals surface area contributed by atoms with Gasteiger partial charge in [0.05, 0.1) is 37.0 Å². The molecule has 0 radical (unpaired) electrons. The second-order valence-corrected chi connectivity index (χ2v) is 8.05. The zero-order chi connectivity index (χ0) is 20.4. The summed E-state index contributed by atoms with van der Waals surface area (Å²) in [5.74, 6) is -2.75. The number of carbonyl (C=O) groups is 2. The average molecular weight is 392 g/mol. The van der Waals surface area contributed by atoms with E-state index in [-0.39, 0.29) is 36.1 Å². The van der Waals surface area contributed by atoms with Gasteiger partial charge in [0.15, 0.2) is 0 Å². The fourth-order valence-electron chi connectivity index (χ4n) is 3.89. The van der Waals surface area contributed by atoms with E-state index >= 15 is 0 Å². The second kappa shape index (κ2) is 6.08. The van der Waals surface area contributed by atoms with Crippen molar-refractivity contribution in [2.45, 2.75) is 36.7 Å². The Morgan fingerprint density at radius 2 is 2.11 bits per heavy atom. The van der Waals surface area contributed by atoms with Crippen LogP contribution in [-0.4, -0.2) is 70.0 Å². The number of hydrogen-bond acceptors (Lipinski definition) is 9. The molecule has 0 bridgehead atoms. The van der Waals surface area contributed by atoms with Crippen molar-refractivity contribution in [3.05, 3.63) is 23.3 Å². The summed E-state index contributed by atoms with van der Waals surface area (Å²) in [5.41, 5.74) is 4.54. The number of benzene rings is 1. The van der Waals surface area contributed by atoms with Gasteiger partial charge < -0.3 is 45.1 Å². The largest absolute Gasteiger partial charge is 0.669 e. The number of amides is 1. The van der Waals surface area contributed by atoms with Crippen LogP contribution in [0.5, 0.6) is 11.5 Å². The molecule has 10 nitrogen and oxygen atoms in total. The van der Waals surface area contributed by atoms with Crippen molar-refractivity contribution in [2.75, 3.05) is 19.7 Å². The first-order valence-corrected chi connectivity index (χ1v) is 9.07. The standard InChI is InChI=1S/C17H22BN2O8/c1-17(19,7-21)16(24)20-5-8(6-20)27-12-3-2-9-10-4-11(10)18(25,26)28-14(9)13(12)15(22)23/h2-3,8,10-11,21,25-26H,4-7,19H2,1H3,(H,22,23)/q-1/p-1/t10?,11?,17-/m1/s1. The summed E-state index contributed by atoms with van der Waals surface area (Å²) in [5, 5.41) is 41.0. The number of nitrogens with two attached hydrogens (primary N) is 1. The molecule has 4 rings (SSSR count). The third-order valence-corrected chi connectivity index (χ3v) is 5.69. The highest BCUT2D eigenvalue weighted by Crippen LogP contribution is 2.63. The van der Waals surface area contributed by atoms with E-state index in [1.807, 2.05) is 0 Å². The Morgan fingerprint density at radius 1 is 1.43 bits per heavy atom. The van der Waals surface area contributed by atoms with Gasteiger partial charge in [0.2, 0.25) is 5.91 Å². The number of aliphatic hydroxyl groups is 1. The maximum atomic E-state index is 12.2. The smallest absolute Gasteiger partial charge is 0.434 e. The molecule has 11 heteroatoms. The zero-order valence-electron chi connectivity index (χ0n) is 15.2. The number of ether oxygens (including phenoxy) is 1. The van der Waals surface area contributed by atoms with Crippen molar-refractivity contribution in [1.82, 2.24) is 4.90 Å². The van der Waals surface area contributed by atoms with Gasteiger partial charge in [0.1, 0.15) is 17.4 Å². The van der Waals surface area contributed by atoms with Gasteiger partial charge in [0, 0.05) is 0 Å². The Morgan fingerprint density at radius 3 is 2.71 bits per heavy atom. The molecular formula is C17H21BN2O8-2. The fourth-order valence-corrected chi connectivity index (χ4v) is 3.89. The Balaban J connectivity index is 1.53. The number of aliphatic hydroxyl groups excluding tert-OH is 1. The number of nitrogens with zero attached hydrogens (tertiary/aromatic N) is 1. The zero-order valence-corrected chi connectivity index (χ0v) is 15.2. The molecule has 2 heterocycles. The maximum Gasteiger partial charge on any atom is 0.434 e. The molecule has 1 amide bonds. The van der Waals surface area contributed by atoms with E-state index in [1.165, 1.54) is 17.9 Å². The first-order valence-electron chi connectivity index (χ1n) is 9.07. The molecule has 0 spiro atoms. The Hall–Kier alpha value is -2.34. The van der Waals surface area contributed by atoms with Gasteiger partial charge in [0.25, 0.3) is 0 Å². The number of likely N-dealkylation sites (tertiary alicyclic amines) is 1. The van der Waals surface area contributed by atoms with Crippen molar-refractivity contribution >= 4 is 18.6 Å². The minimum atomic E-state index is -3.14. The number of carboxylic acid groups (broad SMARTS) is 1. The van der Waals surface area contributed by atoms with Crippen molar-refractivity contribution in [3.8, 4) is 11.5 Å². The molecule has 1 aromatic rings. The molecule has 1 aromatic carbocycles. The van der Waals surface area contributed by atoms with Crippen LogP contribution < -0.4 is 20.2 Å². The van der Waals surface area contributed by atoms with E-state index in [4.69, 9.17) is 15.1 Å². The molecule has 2 aliphatic heterocycles. The molecule has 2 unspecified atom stereocenters. The number of aromatic carboxylic acids is 1. The van der Waals surface area contributed by atoms with Gasteiger partial charge in [-0.3, -0.25) is 4.79 Å². The third-order valence-electron chi connectivity index (χ3n) is 5.69. The van der Waals surface area contributed by atoms with Crippen LogP contribution in [0, 0.1) is 0 Å².